The van der Waals surface area contributed by atoms with Crippen molar-refractivity contribution in [2.45, 2.75) is 44.1 Å². The van der Waals surface area contributed by atoms with E-state index in [4.69, 9.17) is 27.9 Å². The molecular weight excluding hydrogens is 455 g/mol. The molecular formula is C23H26Cl2N2O3S. The Labute approximate surface area is 196 Å². The van der Waals surface area contributed by atoms with E-state index in [1.54, 1.807) is 17.4 Å². The smallest absolute Gasteiger partial charge is 0.223 e. The predicted octanol–water partition coefficient (Wildman–Crippen LogP) is 4.58. The lowest BCUT2D eigenvalue weighted by Gasteiger charge is -2.38. The molecule has 5 nitrogen and oxygen atoms in total. The third-order valence-electron chi connectivity index (χ3n) is 6.30. The summed E-state index contributed by atoms with van der Waals surface area (Å²) in [5.41, 5.74) is 1.93. The number of nitrogens with zero attached hydrogens (tertiary/aromatic N) is 1. The third kappa shape index (κ3) is 5.25. The molecule has 2 aliphatic heterocycles. The van der Waals surface area contributed by atoms with Gasteiger partial charge in [-0.3, -0.25) is 9.59 Å². The number of hydrogen-bond acceptors (Lipinski definition) is 4. The molecule has 1 saturated heterocycles. The summed E-state index contributed by atoms with van der Waals surface area (Å²) in [6, 6.07) is 7.60. The van der Waals surface area contributed by atoms with Gasteiger partial charge in [-0.2, -0.15) is 0 Å². The fraction of sp³-hybridized carbons (Fsp3) is 0.478. The molecule has 3 heterocycles. The number of hydrogen-bond donors (Lipinski definition) is 1. The van der Waals surface area contributed by atoms with Gasteiger partial charge in [0.1, 0.15) is 0 Å². The van der Waals surface area contributed by atoms with Gasteiger partial charge in [-0.05, 0) is 54.0 Å². The molecule has 8 heteroatoms. The molecule has 2 aliphatic rings. The molecule has 0 saturated carbocycles. The van der Waals surface area contributed by atoms with E-state index in [-0.39, 0.29) is 30.1 Å². The van der Waals surface area contributed by atoms with Gasteiger partial charge in [0, 0.05) is 66.0 Å². The van der Waals surface area contributed by atoms with E-state index < -0.39 is 0 Å². The van der Waals surface area contributed by atoms with E-state index in [9.17, 15) is 9.59 Å². The molecule has 0 spiro atoms. The number of amides is 2. The molecule has 2 amide bonds. The number of rotatable bonds is 6. The van der Waals surface area contributed by atoms with Gasteiger partial charge < -0.3 is 15.0 Å². The first kappa shape index (κ1) is 22.6. The van der Waals surface area contributed by atoms with Crippen molar-refractivity contribution in [1.29, 1.82) is 0 Å². The van der Waals surface area contributed by atoms with Crippen molar-refractivity contribution in [2.75, 3.05) is 26.3 Å². The summed E-state index contributed by atoms with van der Waals surface area (Å²) in [6.07, 6.45) is 2.85. The highest BCUT2D eigenvalue weighted by Crippen LogP contribution is 2.39. The molecule has 0 bridgehead atoms. The monoisotopic (exact) mass is 480 g/mol. The number of fused-ring (bicyclic) bond motifs is 1. The molecule has 1 N–H and O–H groups in total. The fourth-order valence-corrected chi connectivity index (χ4v) is 5.92. The SMILES string of the molecule is O=C(CCC(=O)N1CCc2sccc2C1)NCC1(c2ccc(Cl)cc2Cl)CCOCC1. The minimum absolute atomic E-state index is 0.0357. The summed E-state index contributed by atoms with van der Waals surface area (Å²) in [5, 5.41) is 6.32. The van der Waals surface area contributed by atoms with Gasteiger partial charge in [0.15, 0.2) is 0 Å². The topological polar surface area (TPSA) is 58.6 Å². The number of benzene rings is 1. The van der Waals surface area contributed by atoms with Crippen LogP contribution in [0.25, 0.3) is 0 Å². The Hall–Kier alpha value is -1.60. The molecule has 2 aromatic rings. The number of carbonyl (C=O) groups excluding carboxylic acids is 2. The summed E-state index contributed by atoms with van der Waals surface area (Å²) in [5.74, 6) is -0.0777. The number of nitrogens with one attached hydrogen (secondary N) is 1. The van der Waals surface area contributed by atoms with Crippen LogP contribution in [0.3, 0.4) is 0 Å². The van der Waals surface area contributed by atoms with Crippen LogP contribution in [0.5, 0.6) is 0 Å². The average Bonchev–Trinajstić information content (AvgIpc) is 3.24. The summed E-state index contributed by atoms with van der Waals surface area (Å²) in [6.45, 7) is 3.08. The van der Waals surface area contributed by atoms with Crippen molar-refractivity contribution in [3.8, 4) is 0 Å². The van der Waals surface area contributed by atoms with Crippen LogP contribution in [-0.2, 0) is 32.7 Å². The summed E-state index contributed by atoms with van der Waals surface area (Å²) < 4.78 is 5.55. The highest BCUT2D eigenvalue weighted by atomic mass is 35.5. The molecule has 0 atom stereocenters. The maximum atomic E-state index is 12.6. The van der Waals surface area contributed by atoms with Crippen molar-refractivity contribution in [2.24, 2.45) is 0 Å². The van der Waals surface area contributed by atoms with Gasteiger partial charge in [-0.15, -0.1) is 11.3 Å². The first-order valence-corrected chi connectivity index (χ1v) is 12.2. The van der Waals surface area contributed by atoms with Gasteiger partial charge in [-0.25, -0.2) is 0 Å². The summed E-state index contributed by atoms with van der Waals surface area (Å²) in [4.78, 5) is 28.4. The van der Waals surface area contributed by atoms with E-state index >= 15 is 0 Å². The summed E-state index contributed by atoms with van der Waals surface area (Å²) in [7, 11) is 0. The lowest BCUT2D eigenvalue weighted by Crippen LogP contribution is -2.45. The fourth-order valence-electron chi connectivity index (χ4n) is 4.42. The zero-order chi connectivity index (χ0) is 21.8. The second kappa shape index (κ2) is 9.90. The normalized spacial score (nSPS) is 17.8. The Bertz CT molecular complexity index is 956. The minimum Gasteiger partial charge on any atom is -0.381 e. The third-order valence-corrected chi connectivity index (χ3v) is 7.87. The Balaban J connectivity index is 1.33. The molecule has 1 fully saturated rings. The number of ether oxygens (including phenoxy) is 1. The molecule has 166 valence electrons. The van der Waals surface area contributed by atoms with Crippen LogP contribution in [0.2, 0.25) is 10.0 Å². The van der Waals surface area contributed by atoms with Gasteiger partial charge >= 0.3 is 0 Å². The van der Waals surface area contributed by atoms with Crippen LogP contribution in [0, 0.1) is 0 Å². The van der Waals surface area contributed by atoms with Gasteiger partial charge in [-0.1, -0.05) is 29.3 Å². The van der Waals surface area contributed by atoms with E-state index in [0.29, 0.717) is 36.3 Å². The molecule has 0 aliphatic carbocycles. The van der Waals surface area contributed by atoms with E-state index in [0.717, 1.165) is 31.4 Å². The van der Waals surface area contributed by atoms with Crippen LogP contribution in [0.15, 0.2) is 29.6 Å². The second-order valence-corrected chi connectivity index (χ2v) is 10.1. The van der Waals surface area contributed by atoms with Crippen molar-refractivity contribution in [3.05, 3.63) is 55.7 Å². The van der Waals surface area contributed by atoms with Crippen LogP contribution < -0.4 is 5.32 Å². The number of thiophene rings is 1. The van der Waals surface area contributed by atoms with Crippen molar-refractivity contribution < 1.29 is 14.3 Å². The lowest BCUT2D eigenvalue weighted by molar-refractivity contribution is -0.134. The largest absolute Gasteiger partial charge is 0.381 e. The standard InChI is InChI=1S/C23H26Cl2N2O3S/c24-17-1-2-18(19(25)13-17)23(7-10-30-11-8-23)15-26-21(28)3-4-22(29)27-9-5-20-16(14-27)6-12-31-20/h1-2,6,12-13H,3-5,7-11,14-15H2,(H,26,28). The van der Waals surface area contributed by atoms with Crippen LogP contribution in [-0.4, -0.2) is 43.0 Å². The first-order chi connectivity index (χ1) is 15.0. The highest BCUT2D eigenvalue weighted by molar-refractivity contribution is 7.10. The summed E-state index contributed by atoms with van der Waals surface area (Å²) >= 11 is 14.3. The van der Waals surface area contributed by atoms with Gasteiger partial charge in [0.25, 0.3) is 0 Å². The highest BCUT2D eigenvalue weighted by Gasteiger charge is 2.36. The van der Waals surface area contributed by atoms with E-state index in [1.807, 2.05) is 17.0 Å². The van der Waals surface area contributed by atoms with E-state index in [1.165, 1.54) is 10.4 Å². The molecule has 0 unspecified atom stereocenters. The molecule has 31 heavy (non-hydrogen) atoms. The Morgan fingerprint density at radius 3 is 2.74 bits per heavy atom. The zero-order valence-corrected chi connectivity index (χ0v) is 19.6. The first-order valence-electron chi connectivity index (χ1n) is 10.6. The predicted molar refractivity (Wildman–Crippen MR) is 124 cm³/mol. The molecule has 0 radical (unpaired) electrons. The van der Waals surface area contributed by atoms with Crippen LogP contribution in [0.4, 0.5) is 0 Å². The van der Waals surface area contributed by atoms with Gasteiger partial charge in [0.2, 0.25) is 11.8 Å². The van der Waals surface area contributed by atoms with Gasteiger partial charge in [0.05, 0.1) is 0 Å². The Morgan fingerprint density at radius 1 is 1.16 bits per heavy atom. The van der Waals surface area contributed by atoms with Crippen LogP contribution in [0.1, 0.15) is 41.7 Å². The molecule has 1 aromatic carbocycles. The maximum Gasteiger partial charge on any atom is 0.223 e. The maximum absolute atomic E-state index is 12.6. The molecule has 1 aromatic heterocycles. The minimum atomic E-state index is -0.290. The number of carbonyl (C=O) groups is 2. The lowest BCUT2D eigenvalue weighted by atomic mass is 9.74. The second-order valence-electron chi connectivity index (χ2n) is 8.23. The zero-order valence-electron chi connectivity index (χ0n) is 17.3. The van der Waals surface area contributed by atoms with Crippen molar-refractivity contribution in [1.82, 2.24) is 10.2 Å². The quantitative estimate of drug-likeness (QED) is 0.657. The Kier molecular flexibility index (Phi) is 7.22. The van der Waals surface area contributed by atoms with Crippen molar-refractivity contribution in [3.63, 3.8) is 0 Å². The van der Waals surface area contributed by atoms with E-state index in [2.05, 4.69) is 16.8 Å². The van der Waals surface area contributed by atoms with Crippen LogP contribution >= 0.6 is 34.5 Å². The Morgan fingerprint density at radius 2 is 1.97 bits per heavy atom. The number of halogens is 2. The van der Waals surface area contributed by atoms with Crippen molar-refractivity contribution >= 4 is 46.4 Å². The average molecular weight is 481 g/mol. The molecule has 4 rings (SSSR count).